The summed E-state index contributed by atoms with van der Waals surface area (Å²) >= 11 is 1.75. The van der Waals surface area contributed by atoms with E-state index in [2.05, 4.69) is 41.0 Å². The topological polar surface area (TPSA) is 26.7 Å². The van der Waals surface area contributed by atoms with Crippen molar-refractivity contribution in [3.8, 4) is 11.8 Å². The number of thiophene rings is 1. The summed E-state index contributed by atoms with van der Waals surface area (Å²) in [5.74, 6) is 5.77. The van der Waals surface area contributed by atoms with Crippen LogP contribution in [-0.2, 0) is 6.54 Å². The Bertz CT molecular complexity index is 474. The van der Waals surface area contributed by atoms with E-state index < -0.39 is 0 Å². The first-order valence-electron chi connectivity index (χ1n) is 7.33. The van der Waals surface area contributed by atoms with Crippen molar-refractivity contribution in [3.63, 3.8) is 0 Å². The summed E-state index contributed by atoms with van der Waals surface area (Å²) < 4.78 is 0. The van der Waals surface area contributed by atoms with Gasteiger partial charge < -0.3 is 5.11 Å². The van der Waals surface area contributed by atoms with Crippen LogP contribution in [0.5, 0.6) is 0 Å². The predicted molar refractivity (Wildman–Crippen MR) is 84.9 cm³/mol. The van der Waals surface area contributed by atoms with Crippen LogP contribution in [0.2, 0.25) is 0 Å². The van der Waals surface area contributed by atoms with Gasteiger partial charge in [0, 0.05) is 29.6 Å². The fourth-order valence-electron chi connectivity index (χ4n) is 2.90. The summed E-state index contributed by atoms with van der Waals surface area (Å²) in [4.78, 5) is 6.28. The molecule has 0 bridgehead atoms. The molecule has 20 heavy (non-hydrogen) atoms. The van der Waals surface area contributed by atoms with E-state index in [1.165, 1.54) is 24.3 Å². The molecule has 0 saturated carbocycles. The lowest BCUT2D eigenvalue weighted by Crippen LogP contribution is -2.38. The summed E-state index contributed by atoms with van der Waals surface area (Å²) in [5.41, 5.74) is 1.06. The molecule has 2 heterocycles. The van der Waals surface area contributed by atoms with Gasteiger partial charge in [0.2, 0.25) is 0 Å². The van der Waals surface area contributed by atoms with Crippen LogP contribution in [0.4, 0.5) is 0 Å². The fourth-order valence-corrected chi connectivity index (χ4v) is 3.81. The van der Waals surface area contributed by atoms with Gasteiger partial charge in [0.25, 0.3) is 0 Å². The van der Waals surface area contributed by atoms with Crippen LogP contribution in [0.1, 0.15) is 30.2 Å². The van der Waals surface area contributed by atoms with E-state index in [1.54, 1.807) is 11.3 Å². The second-order valence-corrected chi connectivity index (χ2v) is 6.34. The number of aliphatic hydroxyl groups excluding tert-OH is 1. The molecule has 1 unspecified atom stereocenters. The minimum Gasteiger partial charge on any atom is -0.384 e. The van der Waals surface area contributed by atoms with Gasteiger partial charge >= 0.3 is 0 Å². The second kappa shape index (κ2) is 7.80. The number of nitrogens with zero attached hydrogens (tertiary/aromatic N) is 2. The van der Waals surface area contributed by atoms with E-state index in [0.717, 1.165) is 25.2 Å². The summed E-state index contributed by atoms with van der Waals surface area (Å²) in [5, 5.41) is 10.9. The van der Waals surface area contributed by atoms with Crippen molar-refractivity contribution in [3.05, 3.63) is 21.9 Å². The first kappa shape index (κ1) is 15.5. The highest BCUT2D eigenvalue weighted by Crippen LogP contribution is 2.21. The number of aliphatic hydroxyl groups is 1. The van der Waals surface area contributed by atoms with Gasteiger partial charge in [0.05, 0.1) is 0 Å². The molecular formula is C16H24N2OS. The van der Waals surface area contributed by atoms with Crippen molar-refractivity contribution in [1.29, 1.82) is 0 Å². The molecule has 0 amide bonds. The van der Waals surface area contributed by atoms with E-state index >= 15 is 0 Å². The van der Waals surface area contributed by atoms with E-state index in [4.69, 9.17) is 5.11 Å². The quantitative estimate of drug-likeness (QED) is 0.841. The van der Waals surface area contributed by atoms with Gasteiger partial charge in [-0.25, -0.2) is 0 Å². The fraction of sp³-hybridized carbons (Fsp3) is 0.625. The van der Waals surface area contributed by atoms with Crippen LogP contribution < -0.4 is 0 Å². The Morgan fingerprint density at radius 3 is 3.15 bits per heavy atom. The van der Waals surface area contributed by atoms with Crippen LogP contribution >= 0.6 is 11.3 Å². The number of hydrogen-bond donors (Lipinski definition) is 1. The third-order valence-electron chi connectivity index (χ3n) is 3.89. The normalized spacial score (nSPS) is 19.3. The van der Waals surface area contributed by atoms with E-state index in [0.29, 0.717) is 6.04 Å². The lowest BCUT2D eigenvalue weighted by atomic mass is 10.2. The molecule has 0 spiro atoms. The lowest BCUT2D eigenvalue weighted by molar-refractivity contribution is 0.195. The Balaban J connectivity index is 1.91. The van der Waals surface area contributed by atoms with Crippen molar-refractivity contribution >= 4 is 11.3 Å². The van der Waals surface area contributed by atoms with Gasteiger partial charge in [-0.3, -0.25) is 9.80 Å². The minimum absolute atomic E-state index is 0.0708. The second-order valence-electron chi connectivity index (χ2n) is 5.34. The molecule has 0 aromatic carbocycles. The molecule has 0 aliphatic carbocycles. The lowest BCUT2D eigenvalue weighted by Gasteiger charge is -2.27. The molecule has 1 atom stereocenters. The van der Waals surface area contributed by atoms with Crippen molar-refractivity contribution < 1.29 is 5.11 Å². The number of likely N-dealkylation sites (N-methyl/N-ethyl adjacent to an activating group) is 2. The summed E-state index contributed by atoms with van der Waals surface area (Å²) in [7, 11) is 2.19. The summed E-state index contributed by atoms with van der Waals surface area (Å²) in [6.07, 6.45) is 2.65. The van der Waals surface area contributed by atoms with Crippen LogP contribution in [-0.4, -0.2) is 54.2 Å². The third kappa shape index (κ3) is 4.07. The van der Waals surface area contributed by atoms with Gasteiger partial charge in [-0.05, 0) is 44.4 Å². The van der Waals surface area contributed by atoms with E-state index in [1.807, 2.05) is 6.07 Å². The maximum Gasteiger partial charge on any atom is 0.104 e. The predicted octanol–water partition coefficient (Wildman–Crippen LogP) is 2.01. The molecule has 1 aromatic heterocycles. The smallest absolute Gasteiger partial charge is 0.104 e. The van der Waals surface area contributed by atoms with E-state index in [9.17, 15) is 0 Å². The first-order valence-corrected chi connectivity index (χ1v) is 8.21. The van der Waals surface area contributed by atoms with Crippen LogP contribution in [0.15, 0.2) is 11.4 Å². The molecular weight excluding hydrogens is 268 g/mol. The minimum atomic E-state index is -0.0708. The van der Waals surface area contributed by atoms with Gasteiger partial charge in [0.15, 0.2) is 0 Å². The molecule has 3 nitrogen and oxygen atoms in total. The number of rotatable bonds is 5. The van der Waals surface area contributed by atoms with Crippen molar-refractivity contribution in [2.75, 3.05) is 33.3 Å². The Hall–Kier alpha value is -0.860. The zero-order valence-electron chi connectivity index (χ0n) is 12.4. The standard InChI is InChI=1S/C16H24N2OS/c1-3-18-9-4-7-15(18)12-17(2)13-16-14(6-5-10-19)8-11-20-16/h8,11,15,19H,3-4,7,9-10,12-13H2,1-2H3. The van der Waals surface area contributed by atoms with Crippen molar-refractivity contribution in [1.82, 2.24) is 9.80 Å². The van der Waals surface area contributed by atoms with E-state index in [-0.39, 0.29) is 6.61 Å². The maximum atomic E-state index is 8.80. The highest BCUT2D eigenvalue weighted by molar-refractivity contribution is 7.10. The van der Waals surface area contributed by atoms with Crippen LogP contribution in [0.3, 0.4) is 0 Å². The monoisotopic (exact) mass is 292 g/mol. The molecule has 2 rings (SSSR count). The zero-order valence-corrected chi connectivity index (χ0v) is 13.2. The number of hydrogen-bond acceptors (Lipinski definition) is 4. The SMILES string of the molecule is CCN1CCCC1CN(C)Cc1sccc1C#CCO. The Kier molecular flexibility index (Phi) is 6.06. The van der Waals surface area contributed by atoms with Crippen molar-refractivity contribution in [2.45, 2.75) is 32.4 Å². The Morgan fingerprint density at radius 2 is 2.40 bits per heavy atom. The zero-order chi connectivity index (χ0) is 14.4. The molecule has 1 aliphatic heterocycles. The summed E-state index contributed by atoms with van der Waals surface area (Å²) in [6.45, 7) is 6.66. The molecule has 1 N–H and O–H groups in total. The van der Waals surface area contributed by atoms with Gasteiger partial charge in [-0.15, -0.1) is 11.3 Å². The Morgan fingerprint density at radius 1 is 1.55 bits per heavy atom. The molecule has 1 aromatic rings. The average molecular weight is 292 g/mol. The van der Waals surface area contributed by atoms with Crippen LogP contribution in [0, 0.1) is 11.8 Å². The third-order valence-corrected chi connectivity index (χ3v) is 4.79. The van der Waals surface area contributed by atoms with Gasteiger partial charge in [-0.2, -0.15) is 0 Å². The molecule has 1 fully saturated rings. The highest BCUT2D eigenvalue weighted by atomic mass is 32.1. The largest absolute Gasteiger partial charge is 0.384 e. The van der Waals surface area contributed by atoms with Gasteiger partial charge in [0.1, 0.15) is 6.61 Å². The van der Waals surface area contributed by atoms with Crippen LogP contribution in [0.25, 0.3) is 0 Å². The highest BCUT2D eigenvalue weighted by Gasteiger charge is 2.24. The average Bonchev–Trinajstić information content (AvgIpc) is 3.05. The van der Waals surface area contributed by atoms with Crippen molar-refractivity contribution in [2.24, 2.45) is 0 Å². The molecule has 110 valence electrons. The number of likely N-dealkylation sites (tertiary alicyclic amines) is 1. The molecule has 1 aliphatic rings. The summed E-state index contributed by atoms with van der Waals surface area (Å²) in [6, 6.07) is 2.75. The van der Waals surface area contributed by atoms with Gasteiger partial charge in [-0.1, -0.05) is 18.8 Å². The Labute approximate surface area is 126 Å². The molecule has 1 saturated heterocycles. The molecule has 4 heteroatoms. The first-order chi connectivity index (χ1) is 9.74. The maximum absolute atomic E-state index is 8.80. The molecule has 0 radical (unpaired) electrons.